The number of aromatic nitrogens is 1. The van der Waals surface area contributed by atoms with E-state index in [2.05, 4.69) is 85.8 Å². The van der Waals surface area contributed by atoms with Gasteiger partial charge in [0.25, 0.3) is 0 Å². The molecule has 0 atom stereocenters. The number of benzene rings is 4. The van der Waals surface area contributed by atoms with E-state index in [1.807, 2.05) is 6.08 Å². The number of hydrogen-bond acceptors (Lipinski definition) is 3. The molecule has 1 aromatic heterocycles. The van der Waals surface area contributed by atoms with Crippen LogP contribution in [0.3, 0.4) is 0 Å². The zero-order valence-electron chi connectivity index (χ0n) is 27.0. The van der Waals surface area contributed by atoms with Crippen molar-refractivity contribution in [3.63, 3.8) is 0 Å². The number of rotatable bonds is 2. The largest absolute Gasteiger partial charge is 0.343 e. The van der Waals surface area contributed by atoms with Crippen LogP contribution in [0.15, 0.2) is 72.0 Å². The van der Waals surface area contributed by atoms with Crippen LogP contribution in [0.4, 0.5) is 11.4 Å². The first kappa shape index (κ1) is 31.7. The first-order valence-corrected chi connectivity index (χ1v) is 17.8. The van der Waals surface area contributed by atoms with Crippen LogP contribution in [0.5, 0.6) is 0 Å². The Balaban J connectivity index is 1.44. The van der Waals surface area contributed by atoms with Gasteiger partial charge in [0.2, 0.25) is 0 Å². The molecule has 0 N–H and O–H groups in total. The third kappa shape index (κ3) is 4.22. The summed E-state index contributed by atoms with van der Waals surface area (Å²) in [4.78, 5) is 30.1. The Hall–Kier alpha value is -3.54. The molecule has 0 unspecified atom stereocenters. The number of hydrogen-bond donors (Lipinski definition) is 0. The van der Waals surface area contributed by atoms with Crippen LogP contribution in [0.25, 0.3) is 21.8 Å². The van der Waals surface area contributed by atoms with Gasteiger partial charge in [-0.2, -0.15) is 0 Å². The van der Waals surface area contributed by atoms with Crippen molar-refractivity contribution in [2.75, 3.05) is 4.90 Å². The van der Waals surface area contributed by atoms with Gasteiger partial charge in [0.05, 0.1) is 53.7 Å². The summed E-state index contributed by atoms with van der Waals surface area (Å²) in [6.07, 6.45) is 8.85. The van der Waals surface area contributed by atoms with Gasteiger partial charge in [-0.1, -0.05) is 108 Å². The Bertz CT molecular complexity index is 2290. The molecule has 0 saturated heterocycles. The lowest BCUT2D eigenvalue weighted by Crippen LogP contribution is -2.32. The monoisotopic (exact) mass is 712 g/mol. The van der Waals surface area contributed by atoms with Crippen LogP contribution in [0.1, 0.15) is 75.1 Å². The Morgan fingerprint density at radius 3 is 1.96 bits per heavy atom. The summed E-state index contributed by atoms with van der Waals surface area (Å²) in [7, 11) is 2.16. The third-order valence-electron chi connectivity index (χ3n) is 10.7. The van der Waals surface area contributed by atoms with Crippen molar-refractivity contribution in [3.8, 4) is 0 Å². The van der Waals surface area contributed by atoms with Crippen molar-refractivity contribution in [2.45, 2.75) is 58.3 Å². The molecule has 48 heavy (non-hydrogen) atoms. The molecule has 242 valence electrons. The molecule has 1 aliphatic heterocycles. The summed E-state index contributed by atoms with van der Waals surface area (Å²) >= 11 is 25.6. The van der Waals surface area contributed by atoms with Gasteiger partial charge in [-0.15, -0.1) is 0 Å². The Morgan fingerprint density at radius 2 is 1.33 bits per heavy atom. The highest BCUT2D eigenvalue weighted by Gasteiger charge is 2.50. The number of halogens is 4. The minimum Gasteiger partial charge on any atom is -0.343 e. The van der Waals surface area contributed by atoms with Crippen molar-refractivity contribution in [1.29, 1.82) is 0 Å². The summed E-state index contributed by atoms with van der Waals surface area (Å²) in [6.45, 7) is 6.43. The van der Waals surface area contributed by atoms with Crippen LogP contribution in [0, 0.1) is 20.8 Å². The van der Waals surface area contributed by atoms with Gasteiger partial charge in [0, 0.05) is 40.0 Å². The van der Waals surface area contributed by atoms with E-state index in [1.165, 1.54) is 32.9 Å². The normalized spacial score (nSPS) is 17.8. The first-order valence-electron chi connectivity index (χ1n) is 16.2. The van der Waals surface area contributed by atoms with Crippen molar-refractivity contribution in [2.24, 2.45) is 7.05 Å². The molecule has 0 amide bonds. The highest BCUT2D eigenvalue weighted by Crippen LogP contribution is 2.61. The second-order valence-corrected chi connectivity index (χ2v) is 15.0. The Labute approximate surface area is 299 Å². The van der Waals surface area contributed by atoms with Crippen molar-refractivity contribution in [1.82, 2.24) is 4.57 Å². The van der Waals surface area contributed by atoms with Gasteiger partial charge < -0.3 is 9.47 Å². The van der Waals surface area contributed by atoms with Crippen LogP contribution >= 0.6 is 46.4 Å². The second-order valence-electron chi connectivity index (χ2n) is 13.5. The van der Waals surface area contributed by atoms with Gasteiger partial charge in [-0.25, -0.2) is 0 Å². The maximum absolute atomic E-state index is 13.9. The molecule has 0 bridgehead atoms. The van der Waals surface area contributed by atoms with Crippen LogP contribution < -0.4 is 4.90 Å². The average molecular weight is 715 g/mol. The van der Waals surface area contributed by atoms with Gasteiger partial charge in [0.15, 0.2) is 11.6 Å². The number of carbonyl (C=O) groups is 2. The predicted octanol–water partition coefficient (Wildman–Crippen LogP) is 12.1. The molecule has 2 aliphatic carbocycles. The van der Waals surface area contributed by atoms with E-state index in [1.54, 1.807) is 6.08 Å². The number of anilines is 2. The number of aryl methyl sites for hydroxylation is 4. The van der Waals surface area contributed by atoms with Gasteiger partial charge in [-0.05, 0) is 69.0 Å². The number of para-hydroxylation sites is 1. The number of nitrogens with zero attached hydrogens (tertiary/aromatic N) is 2. The van der Waals surface area contributed by atoms with Gasteiger partial charge in [-0.3, -0.25) is 9.59 Å². The van der Waals surface area contributed by atoms with Crippen molar-refractivity contribution < 1.29 is 9.59 Å². The SMILES string of the molecule is Cc1cc(C)c(N2/C(=C\C=C3C(=O)c4c(Cl)c(Cl)c(Cl)c(Cl)c4C3=O)C3(CCCCC3)c3c2ccc2c4ccccc4n(C)c32)c(C)c1. The highest BCUT2D eigenvalue weighted by molar-refractivity contribution is 6.57. The summed E-state index contributed by atoms with van der Waals surface area (Å²) in [6, 6.07) is 17.5. The molecule has 3 aliphatic rings. The predicted molar refractivity (Wildman–Crippen MR) is 199 cm³/mol. The summed E-state index contributed by atoms with van der Waals surface area (Å²) in [5.41, 5.74) is 10.2. The number of carbonyl (C=O) groups excluding carboxylic acids is 2. The lowest BCUT2D eigenvalue weighted by Gasteiger charge is -2.38. The van der Waals surface area contributed by atoms with Crippen molar-refractivity contribution in [3.05, 3.63) is 125 Å². The van der Waals surface area contributed by atoms with E-state index in [0.717, 1.165) is 60.3 Å². The fraction of sp³-hybridized carbons (Fsp3) is 0.250. The molecule has 0 radical (unpaired) electrons. The molecule has 2 heterocycles. The van der Waals surface area contributed by atoms with E-state index in [-0.39, 0.29) is 42.2 Å². The Kier molecular flexibility index (Phi) is 7.43. The number of fused-ring (bicyclic) bond motifs is 7. The molecule has 4 aromatic carbocycles. The summed E-state index contributed by atoms with van der Waals surface area (Å²) < 4.78 is 2.34. The van der Waals surface area contributed by atoms with E-state index >= 15 is 0 Å². The maximum Gasteiger partial charge on any atom is 0.199 e. The number of ketones is 2. The lowest BCUT2D eigenvalue weighted by atomic mass is 9.68. The van der Waals surface area contributed by atoms with E-state index in [0.29, 0.717) is 0 Å². The van der Waals surface area contributed by atoms with E-state index in [4.69, 9.17) is 46.4 Å². The average Bonchev–Trinajstić information content (AvgIpc) is 3.60. The zero-order valence-corrected chi connectivity index (χ0v) is 30.1. The number of allylic oxidation sites excluding steroid dienone is 4. The molecule has 5 aromatic rings. The van der Waals surface area contributed by atoms with Crippen LogP contribution in [0.2, 0.25) is 20.1 Å². The first-order chi connectivity index (χ1) is 23.0. The zero-order chi connectivity index (χ0) is 33.8. The molecular formula is C40H32Cl4N2O2. The maximum atomic E-state index is 13.9. The molecule has 1 saturated carbocycles. The quantitative estimate of drug-likeness (QED) is 0.0791. The minimum absolute atomic E-state index is 0.00593. The van der Waals surface area contributed by atoms with E-state index in [9.17, 15) is 9.59 Å². The van der Waals surface area contributed by atoms with Gasteiger partial charge in [0.1, 0.15) is 0 Å². The third-order valence-corrected chi connectivity index (χ3v) is 12.5. The fourth-order valence-electron chi connectivity index (χ4n) is 8.80. The van der Waals surface area contributed by atoms with Crippen molar-refractivity contribution >= 4 is 91.2 Å². The van der Waals surface area contributed by atoms with Crippen LogP contribution in [-0.2, 0) is 12.5 Å². The minimum atomic E-state index is -0.504. The van der Waals surface area contributed by atoms with Gasteiger partial charge >= 0.3 is 0 Å². The topological polar surface area (TPSA) is 42.3 Å². The van der Waals surface area contributed by atoms with E-state index < -0.39 is 11.6 Å². The molecule has 1 fully saturated rings. The number of Topliss-reactive ketones (excluding diaryl/α,β-unsaturated/α-hetero) is 2. The second kappa shape index (κ2) is 11.2. The standard InChI is InChI=1S/C40H32Cl4N2O2/c1-20-18-21(2)36(22(3)19-20)46-27-14-12-24-23-10-6-7-11-26(23)45(4)37(24)31(27)40(16-8-5-9-17-40)28(46)15-13-25-38(47)29-30(39(25)48)33(42)35(44)34(43)32(29)41/h6-7,10-15,18-19H,5,8-9,16-17H2,1-4H3/b28-15-. The lowest BCUT2D eigenvalue weighted by molar-refractivity contribution is 0.0989. The summed E-state index contributed by atoms with van der Waals surface area (Å²) in [5.74, 6) is -1.01. The molecular weight excluding hydrogens is 682 g/mol. The molecule has 1 spiro atoms. The highest BCUT2D eigenvalue weighted by atomic mass is 35.5. The smallest absolute Gasteiger partial charge is 0.199 e. The molecule has 4 nitrogen and oxygen atoms in total. The van der Waals surface area contributed by atoms with Crippen LogP contribution in [-0.4, -0.2) is 16.1 Å². The molecule has 8 rings (SSSR count). The summed E-state index contributed by atoms with van der Waals surface area (Å²) in [5, 5.41) is 2.26. The molecule has 8 heteroatoms. The fourth-order valence-corrected chi connectivity index (χ4v) is 9.82. The Morgan fingerprint density at radius 1 is 0.729 bits per heavy atom.